The number of carbonyl (C=O) groups excluding carboxylic acids is 1. The van der Waals surface area contributed by atoms with Crippen molar-refractivity contribution in [3.63, 3.8) is 0 Å². The van der Waals surface area contributed by atoms with Crippen LogP contribution in [0.15, 0.2) is 0 Å². The number of carbonyl (C=O) groups is 1. The van der Waals surface area contributed by atoms with E-state index in [9.17, 15) is 4.79 Å². The van der Waals surface area contributed by atoms with Crippen molar-refractivity contribution in [2.45, 2.75) is 57.9 Å². The lowest BCUT2D eigenvalue weighted by Gasteiger charge is -2.30. The average Bonchev–Trinajstić information content (AvgIpc) is 2.38. The highest BCUT2D eigenvalue weighted by molar-refractivity contribution is 5.78. The van der Waals surface area contributed by atoms with Crippen LogP contribution in [0.3, 0.4) is 0 Å². The first-order valence-electron chi connectivity index (χ1n) is 7.11. The minimum absolute atomic E-state index is 0.284. The van der Waals surface area contributed by atoms with Crippen LogP contribution in [0.4, 0.5) is 0 Å². The van der Waals surface area contributed by atoms with Gasteiger partial charge in [0.15, 0.2) is 0 Å². The Morgan fingerprint density at radius 1 is 1.24 bits per heavy atom. The van der Waals surface area contributed by atoms with Crippen molar-refractivity contribution in [2.24, 2.45) is 5.92 Å². The van der Waals surface area contributed by atoms with Gasteiger partial charge in [0.2, 0.25) is 5.91 Å². The summed E-state index contributed by atoms with van der Waals surface area (Å²) in [5.74, 6) is 0.655. The van der Waals surface area contributed by atoms with Crippen molar-refractivity contribution in [1.29, 1.82) is 0 Å². The van der Waals surface area contributed by atoms with Crippen LogP contribution in [0.25, 0.3) is 0 Å². The molecule has 3 heteroatoms. The number of unbranched alkanes of at least 4 members (excludes halogenated alkanes) is 2. The van der Waals surface area contributed by atoms with Gasteiger partial charge in [-0.15, -0.1) is 0 Å². The molecule has 0 aliphatic heterocycles. The lowest BCUT2D eigenvalue weighted by Crippen LogP contribution is -2.38. The monoisotopic (exact) mass is 240 g/mol. The second-order valence-corrected chi connectivity index (χ2v) is 5.30. The summed E-state index contributed by atoms with van der Waals surface area (Å²) in [5.41, 5.74) is 0. The van der Waals surface area contributed by atoms with E-state index in [-0.39, 0.29) is 5.92 Å². The molecule has 0 aromatic heterocycles. The number of nitrogens with zero attached hydrogens (tertiary/aromatic N) is 1. The van der Waals surface area contributed by atoms with Crippen molar-refractivity contribution in [3.05, 3.63) is 0 Å². The quantitative estimate of drug-likeness (QED) is 0.723. The third-order valence-corrected chi connectivity index (χ3v) is 3.96. The Hall–Kier alpha value is -0.570. The van der Waals surface area contributed by atoms with Crippen LogP contribution >= 0.6 is 0 Å². The highest BCUT2D eigenvalue weighted by Crippen LogP contribution is 2.25. The zero-order valence-corrected chi connectivity index (χ0v) is 11.7. The third-order valence-electron chi connectivity index (χ3n) is 3.96. The largest absolute Gasteiger partial charge is 0.346 e. The molecule has 0 bridgehead atoms. The summed E-state index contributed by atoms with van der Waals surface area (Å²) in [7, 11) is 3.98. The molecule has 0 unspecified atom stereocenters. The van der Waals surface area contributed by atoms with Crippen molar-refractivity contribution < 1.29 is 4.79 Å². The molecule has 3 nitrogen and oxygen atoms in total. The molecule has 1 N–H and O–H groups in total. The molecule has 1 rings (SSSR count). The number of amides is 1. The van der Waals surface area contributed by atoms with E-state index in [1.165, 1.54) is 12.8 Å². The number of hydrogen-bond acceptors (Lipinski definition) is 2. The molecule has 0 heterocycles. The zero-order chi connectivity index (χ0) is 12.7. The standard InChI is InChI=1S/C14H28N2O/c1-4-5-6-11-16(3)14(17)12-7-9-13(15-2)10-8-12/h12-13,15H,4-11H2,1-3H3. The van der Waals surface area contributed by atoms with Gasteiger partial charge in [0, 0.05) is 25.6 Å². The molecule has 1 fully saturated rings. The van der Waals surface area contributed by atoms with Crippen molar-refractivity contribution in [2.75, 3.05) is 20.6 Å². The SMILES string of the molecule is CCCCCN(C)C(=O)C1CCC(NC)CC1. The fraction of sp³-hybridized carbons (Fsp3) is 0.929. The van der Waals surface area contributed by atoms with Gasteiger partial charge in [-0.2, -0.15) is 0 Å². The summed E-state index contributed by atoms with van der Waals surface area (Å²) in [6, 6.07) is 0.629. The minimum atomic E-state index is 0.284. The smallest absolute Gasteiger partial charge is 0.225 e. The first-order chi connectivity index (χ1) is 8.19. The molecule has 0 aromatic rings. The van der Waals surface area contributed by atoms with E-state index in [2.05, 4.69) is 12.2 Å². The molecule has 100 valence electrons. The van der Waals surface area contributed by atoms with Crippen molar-refractivity contribution in [1.82, 2.24) is 10.2 Å². The van der Waals surface area contributed by atoms with E-state index in [1.54, 1.807) is 0 Å². The summed E-state index contributed by atoms with van der Waals surface area (Å²) in [6.45, 7) is 3.12. The molecule has 1 aliphatic carbocycles. The Kier molecular flexibility index (Phi) is 6.56. The van der Waals surface area contributed by atoms with E-state index in [4.69, 9.17) is 0 Å². The van der Waals surface area contributed by atoms with Gasteiger partial charge in [0.05, 0.1) is 0 Å². The fourth-order valence-electron chi connectivity index (χ4n) is 2.65. The molecule has 17 heavy (non-hydrogen) atoms. The minimum Gasteiger partial charge on any atom is -0.346 e. The Morgan fingerprint density at radius 2 is 1.88 bits per heavy atom. The van der Waals surface area contributed by atoms with Crippen LogP contribution in [0.1, 0.15) is 51.9 Å². The van der Waals surface area contributed by atoms with Crippen LogP contribution in [0, 0.1) is 5.92 Å². The predicted octanol–water partition coefficient (Wildman–Crippen LogP) is 2.41. The van der Waals surface area contributed by atoms with E-state index in [0.717, 1.165) is 38.6 Å². The second kappa shape index (κ2) is 7.70. The zero-order valence-electron chi connectivity index (χ0n) is 11.7. The van der Waals surface area contributed by atoms with Crippen molar-refractivity contribution >= 4 is 5.91 Å². The van der Waals surface area contributed by atoms with Gasteiger partial charge in [0.25, 0.3) is 0 Å². The van der Waals surface area contributed by atoms with E-state index in [1.807, 2.05) is 19.0 Å². The maximum Gasteiger partial charge on any atom is 0.225 e. The van der Waals surface area contributed by atoms with E-state index in [0.29, 0.717) is 11.9 Å². The lowest BCUT2D eigenvalue weighted by atomic mass is 9.85. The predicted molar refractivity (Wildman–Crippen MR) is 72.0 cm³/mol. The summed E-state index contributed by atoms with van der Waals surface area (Å²) in [5, 5.41) is 3.31. The normalized spacial score (nSPS) is 24.6. The fourth-order valence-corrected chi connectivity index (χ4v) is 2.65. The third kappa shape index (κ3) is 4.66. The van der Waals surface area contributed by atoms with Crippen LogP contribution in [0.2, 0.25) is 0 Å². The Morgan fingerprint density at radius 3 is 2.41 bits per heavy atom. The Bertz CT molecular complexity index is 222. The van der Waals surface area contributed by atoms with Gasteiger partial charge in [-0.05, 0) is 39.2 Å². The first kappa shape index (κ1) is 14.5. The molecule has 0 atom stereocenters. The highest BCUT2D eigenvalue weighted by atomic mass is 16.2. The van der Waals surface area contributed by atoms with Crippen LogP contribution < -0.4 is 5.32 Å². The Balaban J connectivity index is 2.27. The summed E-state index contributed by atoms with van der Waals surface area (Å²) >= 11 is 0. The van der Waals surface area contributed by atoms with Crippen molar-refractivity contribution in [3.8, 4) is 0 Å². The van der Waals surface area contributed by atoms with E-state index < -0.39 is 0 Å². The first-order valence-corrected chi connectivity index (χ1v) is 7.11. The molecule has 1 aliphatic rings. The van der Waals surface area contributed by atoms with Gasteiger partial charge in [-0.3, -0.25) is 4.79 Å². The average molecular weight is 240 g/mol. The molecular formula is C14H28N2O. The maximum atomic E-state index is 12.2. The molecule has 0 radical (unpaired) electrons. The molecule has 0 aromatic carbocycles. The molecule has 1 amide bonds. The van der Waals surface area contributed by atoms with Crippen LogP contribution in [0.5, 0.6) is 0 Å². The highest BCUT2D eigenvalue weighted by Gasteiger charge is 2.27. The Labute approximate surface area is 106 Å². The molecule has 0 spiro atoms. The van der Waals surface area contributed by atoms with Crippen LogP contribution in [-0.4, -0.2) is 37.5 Å². The van der Waals surface area contributed by atoms with Gasteiger partial charge in [0.1, 0.15) is 0 Å². The van der Waals surface area contributed by atoms with Crippen LogP contribution in [-0.2, 0) is 4.79 Å². The van der Waals surface area contributed by atoms with E-state index >= 15 is 0 Å². The summed E-state index contributed by atoms with van der Waals surface area (Å²) < 4.78 is 0. The lowest BCUT2D eigenvalue weighted by molar-refractivity contribution is -0.135. The molecular weight excluding hydrogens is 212 g/mol. The van der Waals surface area contributed by atoms with Gasteiger partial charge in [-0.25, -0.2) is 0 Å². The van der Waals surface area contributed by atoms with Gasteiger partial charge in [-0.1, -0.05) is 19.8 Å². The summed E-state index contributed by atoms with van der Waals surface area (Å²) in [4.78, 5) is 14.1. The van der Waals surface area contributed by atoms with Gasteiger partial charge < -0.3 is 10.2 Å². The topological polar surface area (TPSA) is 32.3 Å². The molecule has 1 saturated carbocycles. The number of hydrogen-bond donors (Lipinski definition) is 1. The number of rotatable bonds is 6. The number of nitrogens with one attached hydrogen (secondary N) is 1. The summed E-state index contributed by atoms with van der Waals surface area (Å²) in [6.07, 6.45) is 8.00. The maximum absolute atomic E-state index is 12.2. The second-order valence-electron chi connectivity index (χ2n) is 5.30. The van der Waals surface area contributed by atoms with Gasteiger partial charge >= 0.3 is 0 Å². The molecule has 0 saturated heterocycles.